The quantitative estimate of drug-likeness (QED) is 0.610. The summed E-state index contributed by atoms with van der Waals surface area (Å²) in [6.45, 7) is 4.62. The van der Waals surface area contributed by atoms with Crippen LogP contribution in [0.1, 0.15) is 64.7 Å². The van der Waals surface area contributed by atoms with Gasteiger partial charge in [0, 0.05) is 19.5 Å². The zero-order valence-corrected chi connectivity index (χ0v) is 11.7. The third-order valence-corrected chi connectivity index (χ3v) is 3.29. The van der Waals surface area contributed by atoms with E-state index in [4.69, 9.17) is 4.84 Å². The van der Waals surface area contributed by atoms with E-state index in [0.717, 1.165) is 25.9 Å². The molecule has 0 aliphatic carbocycles. The molecule has 0 aromatic heterocycles. The highest BCUT2D eigenvalue weighted by Gasteiger charge is 2.15. The summed E-state index contributed by atoms with van der Waals surface area (Å²) < 4.78 is 0. The molecule has 1 aliphatic heterocycles. The molecule has 0 atom stereocenters. The van der Waals surface area contributed by atoms with Gasteiger partial charge >= 0.3 is 5.97 Å². The van der Waals surface area contributed by atoms with E-state index < -0.39 is 0 Å². The summed E-state index contributed by atoms with van der Waals surface area (Å²) in [4.78, 5) is 16.7. The monoisotopic (exact) mass is 256 g/mol. The molecule has 0 aromatic carbocycles. The van der Waals surface area contributed by atoms with E-state index in [-0.39, 0.29) is 5.97 Å². The van der Waals surface area contributed by atoms with Crippen LogP contribution in [0, 0.1) is 0 Å². The molecule has 0 saturated carbocycles. The Morgan fingerprint density at radius 2 is 1.78 bits per heavy atom. The van der Waals surface area contributed by atoms with Gasteiger partial charge in [0.2, 0.25) is 0 Å². The van der Waals surface area contributed by atoms with Crippen LogP contribution in [0.25, 0.3) is 0 Å². The summed E-state index contributed by atoms with van der Waals surface area (Å²) in [6, 6.07) is 0. The van der Waals surface area contributed by atoms with Crippen LogP contribution in [-0.2, 0) is 9.63 Å². The highest BCUT2D eigenvalue weighted by molar-refractivity contribution is 5.68. The molecule has 4 nitrogen and oxygen atoms in total. The van der Waals surface area contributed by atoms with Gasteiger partial charge in [0.1, 0.15) is 0 Å². The Morgan fingerprint density at radius 3 is 2.39 bits per heavy atom. The van der Waals surface area contributed by atoms with Crippen molar-refractivity contribution in [3.8, 4) is 0 Å². The first-order valence-electron chi connectivity index (χ1n) is 7.49. The molecule has 18 heavy (non-hydrogen) atoms. The number of hydrogen-bond acceptors (Lipinski definition) is 4. The predicted molar refractivity (Wildman–Crippen MR) is 72.9 cm³/mol. The van der Waals surface area contributed by atoms with Gasteiger partial charge in [0.05, 0.1) is 6.67 Å². The lowest BCUT2D eigenvalue weighted by Crippen LogP contribution is -2.25. The van der Waals surface area contributed by atoms with Crippen molar-refractivity contribution in [1.29, 1.82) is 0 Å². The van der Waals surface area contributed by atoms with Crippen LogP contribution in [0.3, 0.4) is 0 Å². The van der Waals surface area contributed by atoms with Crippen molar-refractivity contribution in [3.63, 3.8) is 0 Å². The first-order chi connectivity index (χ1) is 8.83. The molecule has 0 bridgehead atoms. The molecule has 0 unspecified atom stereocenters. The summed E-state index contributed by atoms with van der Waals surface area (Å²) in [5.41, 5.74) is 0. The van der Waals surface area contributed by atoms with Gasteiger partial charge in [-0.3, -0.25) is 4.79 Å². The van der Waals surface area contributed by atoms with Crippen molar-refractivity contribution in [2.24, 2.45) is 0 Å². The van der Waals surface area contributed by atoms with Crippen LogP contribution < -0.4 is 5.32 Å². The first-order valence-corrected chi connectivity index (χ1v) is 7.49. The lowest BCUT2D eigenvalue weighted by atomic mass is 10.1. The maximum atomic E-state index is 11.5. The molecule has 0 aromatic rings. The van der Waals surface area contributed by atoms with E-state index in [1.165, 1.54) is 38.5 Å². The number of carbonyl (C=O) groups excluding carboxylic acids is 1. The zero-order chi connectivity index (χ0) is 13.1. The highest BCUT2D eigenvalue weighted by atomic mass is 16.7. The minimum absolute atomic E-state index is 0.0790. The number of nitrogens with zero attached hydrogens (tertiary/aromatic N) is 1. The fourth-order valence-electron chi connectivity index (χ4n) is 2.16. The Labute approximate surface area is 111 Å². The Bertz CT molecular complexity index is 216. The largest absolute Gasteiger partial charge is 0.367 e. The average molecular weight is 256 g/mol. The second-order valence-corrected chi connectivity index (χ2v) is 5.05. The van der Waals surface area contributed by atoms with Crippen molar-refractivity contribution >= 4 is 5.97 Å². The molecule has 1 N–H and O–H groups in total. The van der Waals surface area contributed by atoms with Gasteiger partial charge in [-0.2, -0.15) is 0 Å². The van der Waals surface area contributed by atoms with Crippen molar-refractivity contribution in [2.75, 3.05) is 19.8 Å². The van der Waals surface area contributed by atoms with Gasteiger partial charge in [-0.25, -0.2) is 0 Å². The predicted octanol–water partition coefficient (Wildman–Crippen LogP) is 2.84. The van der Waals surface area contributed by atoms with E-state index in [1.807, 2.05) is 0 Å². The first kappa shape index (κ1) is 15.4. The topological polar surface area (TPSA) is 41.6 Å². The molecular weight excluding hydrogens is 228 g/mol. The van der Waals surface area contributed by atoms with Crippen molar-refractivity contribution < 1.29 is 9.63 Å². The number of rotatable bonds is 10. The van der Waals surface area contributed by atoms with Crippen LogP contribution in [-0.4, -0.2) is 30.8 Å². The minimum Gasteiger partial charge on any atom is -0.367 e. The van der Waals surface area contributed by atoms with Crippen LogP contribution in [0.15, 0.2) is 0 Å². The molecule has 106 valence electrons. The normalized spacial score (nSPS) is 16.1. The maximum Gasteiger partial charge on any atom is 0.325 e. The Hall–Kier alpha value is -0.610. The Morgan fingerprint density at radius 1 is 1.11 bits per heavy atom. The van der Waals surface area contributed by atoms with E-state index in [9.17, 15) is 4.79 Å². The lowest BCUT2D eigenvalue weighted by molar-refractivity contribution is -0.185. The van der Waals surface area contributed by atoms with Crippen LogP contribution >= 0.6 is 0 Å². The van der Waals surface area contributed by atoms with Crippen molar-refractivity contribution in [1.82, 2.24) is 10.4 Å². The van der Waals surface area contributed by atoms with E-state index in [2.05, 4.69) is 12.2 Å². The molecule has 0 radical (unpaired) electrons. The fraction of sp³-hybridized carbons (Fsp3) is 0.929. The summed E-state index contributed by atoms with van der Waals surface area (Å²) in [5, 5.41) is 4.83. The minimum atomic E-state index is -0.0790. The van der Waals surface area contributed by atoms with Crippen LogP contribution in [0.4, 0.5) is 0 Å². The lowest BCUT2D eigenvalue weighted by Gasteiger charge is -2.13. The average Bonchev–Trinajstić information content (AvgIpc) is 2.85. The van der Waals surface area contributed by atoms with Gasteiger partial charge in [-0.15, -0.1) is 5.06 Å². The maximum absolute atomic E-state index is 11.5. The fourth-order valence-corrected chi connectivity index (χ4v) is 2.16. The van der Waals surface area contributed by atoms with E-state index in [1.54, 1.807) is 5.06 Å². The third-order valence-electron chi connectivity index (χ3n) is 3.29. The molecule has 4 heteroatoms. The van der Waals surface area contributed by atoms with Gasteiger partial charge in [0.15, 0.2) is 0 Å². The number of unbranched alkanes of at least 4 members (excludes halogenated alkanes) is 7. The van der Waals surface area contributed by atoms with Gasteiger partial charge in [-0.05, 0) is 6.42 Å². The molecular formula is C14H28N2O2. The Balaban J connectivity index is 1.83. The van der Waals surface area contributed by atoms with Crippen molar-refractivity contribution in [3.05, 3.63) is 0 Å². The summed E-state index contributed by atoms with van der Waals surface area (Å²) in [5.74, 6) is -0.0790. The van der Waals surface area contributed by atoms with Crippen LogP contribution in [0.5, 0.6) is 0 Å². The molecule has 0 amide bonds. The molecule has 1 fully saturated rings. The van der Waals surface area contributed by atoms with Crippen molar-refractivity contribution in [2.45, 2.75) is 64.7 Å². The summed E-state index contributed by atoms with van der Waals surface area (Å²) >= 11 is 0. The summed E-state index contributed by atoms with van der Waals surface area (Å²) in [7, 11) is 0. The van der Waals surface area contributed by atoms with Gasteiger partial charge in [0.25, 0.3) is 0 Å². The Kier molecular flexibility index (Phi) is 8.86. The standard InChI is InChI=1S/C14H28N2O2/c1-2-3-4-5-6-7-8-9-10-14(17)18-16-12-11-15-13-16/h15H,2-13H2,1H3. The highest BCUT2D eigenvalue weighted by Crippen LogP contribution is 2.10. The van der Waals surface area contributed by atoms with E-state index >= 15 is 0 Å². The number of hydroxylamine groups is 2. The molecule has 1 saturated heterocycles. The number of hydrogen-bond donors (Lipinski definition) is 1. The second-order valence-electron chi connectivity index (χ2n) is 5.05. The second kappa shape index (κ2) is 10.3. The third kappa shape index (κ3) is 7.67. The SMILES string of the molecule is CCCCCCCCCCC(=O)ON1CCNC1. The zero-order valence-electron chi connectivity index (χ0n) is 11.7. The van der Waals surface area contributed by atoms with Gasteiger partial charge in [-0.1, -0.05) is 51.9 Å². The van der Waals surface area contributed by atoms with Gasteiger partial charge < -0.3 is 10.2 Å². The van der Waals surface area contributed by atoms with E-state index in [0.29, 0.717) is 13.1 Å². The number of carbonyl (C=O) groups is 1. The molecule has 1 heterocycles. The number of nitrogens with one attached hydrogen (secondary N) is 1. The summed E-state index contributed by atoms with van der Waals surface area (Å²) in [6.07, 6.45) is 10.6. The molecule has 0 spiro atoms. The molecule has 1 rings (SSSR count). The smallest absolute Gasteiger partial charge is 0.325 e. The van der Waals surface area contributed by atoms with Crippen LogP contribution in [0.2, 0.25) is 0 Å². The molecule has 1 aliphatic rings.